The van der Waals surface area contributed by atoms with E-state index in [1.54, 1.807) is 7.11 Å². The van der Waals surface area contributed by atoms with Crippen LogP contribution in [0.25, 0.3) is 0 Å². The lowest BCUT2D eigenvalue weighted by atomic mass is 10.1. The number of hydrogen-bond acceptors (Lipinski definition) is 4. The Kier molecular flexibility index (Phi) is 5.70. The van der Waals surface area contributed by atoms with E-state index < -0.39 is 0 Å². The molecule has 0 unspecified atom stereocenters. The van der Waals surface area contributed by atoms with Gasteiger partial charge in [-0.2, -0.15) is 0 Å². The standard InChI is InChI=1S/C15H18BrNO3S/c1-3-4-7-17-14(18)13(21-15(17)19)9-10-5-6-12(20-2)11(16)8-10/h5-6,8,13H,3-4,7,9H2,1-2H3/t13-/m0/s1. The maximum atomic E-state index is 12.3. The van der Waals surface area contributed by atoms with Gasteiger partial charge < -0.3 is 4.74 Å². The van der Waals surface area contributed by atoms with E-state index in [-0.39, 0.29) is 16.4 Å². The van der Waals surface area contributed by atoms with Crippen molar-refractivity contribution in [2.75, 3.05) is 13.7 Å². The molecule has 2 rings (SSSR count). The van der Waals surface area contributed by atoms with Crippen LogP contribution in [0.4, 0.5) is 4.79 Å². The molecule has 1 aromatic rings. The normalized spacial score (nSPS) is 18.4. The summed E-state index contributed by atoms with van der Waals surface area (Å²) in [5.74, 6) is 0.690. The molecule has 1 fully saturated rings. The molecule has 1 saturated heterocycles. The number of imide groups is 1. The number of benzene rings is 1. The molecule has 0 saturated carbocycles. The lowest BCUT2D eigenvalue weighted by Crippen LogP contribution is -2.33. The maximum Gasteiger partial charge on any atom is 0.289 e. The summed E-state index contributed by atoms with van der Waals surface area (Å²) < 4.78 is 6.04. The van der Waals surface area contributed by atoms with Gasteiger partial charge in [-0.1, -0.05) is 31.2 Å². The van der Waals surface area contributed by atoms with E-state index >= 15 is 0 Å². The Morgan fingerprint density at radius 2 is 2.14 bits per heavy atom. The second-order valence-corrected chi connectivity index (χ2v) is 6.90. The average Bonchev–Trinajstić information content (AvgIpc) is 2.72. The number of ether oxygens (including phenoxy) is 1. The molecular formula is C15H18BrNO3S. The van der Waals surface area contributed by atoms with Gasteiger partial charge in [0.1, 0.15) is 5.75 Å². The van der Waals surface area contributed by atoms with Gasteiger partial charge in [-0.05, 0) is 46.5 Å². The van der Waals surface area contributed by atoms with Crippen molar-refractivity contribution in [1.82, 2.24) is 4.90 Å². The van der Waals surface area contributed by atoms with Crippen molar-refractivity contribution in [2.24, 2.45) is 0 Å². The monoisotopic (exact) mass is 371 g/mol. The molecule has 0 spiro atoms. The zero-order chi connectivity index (χ0) is 15.4. The molecule has 6 heteroatoms. The maximum absolute atomic E-state index is 12.3. The van der Waals surface area contributed by atoms with Crippen molar-refractivity contribution in [2.45, 2.75) is 31.4 Å². The number of thioether (sulfide) groups is 1. The van der Waals surface area contributed by atoms with Crippen molar-refractivity contribution in [3.8, 4) is 5.75 Å². The average molecular weight is 372 g/mol. The van der Waals surface area contributed by atoms with E-state index in [0.29, 0.717) is 13.0 Å². The topological polar surface area (TPSA) is 46.6 Å². The van der Waals surface area contributed by atoms with Crippen LogP contribution < -0.4 is 4.74 Å². The van der Waals surface area contributed by atoms with Gasteiger partial charge in [-0.15, -0.1) is 0 Å². The lowest BCUT2D eigenvalue weighted by molar-refractivity contribution is -0.126. The molecule has 0 aliphatic carbocycles. The molecule has 1 aromatic carbocycles. The van der Waals surface area contributed by atoms with Crippen molar-refractivity contribution in [3.63, 3.8) is 0 Å². The number of carbonyl (C=O) groups excluding carboxylic acids is 2. The largest absolute Gasteiger partial charge is 0.496 e. The number of hydrogen-bond donors (Lipinski definition) is 0. The van der Waals surface area contributed by atoms with Gasteiger partial charge in [-0.25, -0.2) is 0 Å². The van der Waals surface area contributed by atoms with Crippen LogP contribution in [0.15, 0.2) is 22.7 Å². The minimum Gasteiger partial charge on any atom is -0.496 e. The van der Waals surface area contributed by atoms with Crippen LogP contribution in [0.1, 0.15) is 25.3 Å². The molecule has 4 nitrogen and oxygen atoms in total. The Labute approximate surface area is 137 Å². The highest BCUT2D eigenvalue weighted by Gasteiger charge is 2.38. The second kappa shape index (κ2) is 7.31. The molecule has 0 aromatic heterocycles. The van der Waals surface area contributed by atoms with Crippen molar-refractivity contribution in [3.05, 3.63) is 28.2 Å². The summed E-state index contributed by atoms with van der Waals surface area (Å²) >= 11 is 4.57. The molecular weight excluding hydrogens is 354 g/mol. The SMILES string of the molecule is CCCCN1C(=O)S[C@@H](Cc2ccc(OC)c(Br)c2)C1=O. The third-order valence-electron chi connectivity index (χ3n) is 3.38. The Morgan fingerprint density at radius 1 is 1.38 bits per heavy atom. The van der Waals surface area contributed by atoms with Crippen LogP contribution in [0, 0.1) is 0 Å². The number of nitrogens with zero attached hydrogens (tertiary/aromatic N) is 1. The number of amides is 2. The predicted octanol–water partition coefficient (Wildman–Crippen LogP) is 3.86. The molecule has 0 bridgehead atoms. The summed E-state index contributed by atoms with van der Waals surface area (Å²) in [6.07, 6.45) is 2.39. The highest BCUT2D eigenvalue weighted by atomic mass is 79.9. The number of carbonyl (C=O) groups is 2. The first-order chi connectivity index (χ1) is 10.1. The van der Waals surface area contributed by atoms with E-state index in [9.17, 15) is 9.59 Å². The Morgan fingerprint density at radius 3 is 2.76 bits per heavy atom. The van der Waals surface area contributed by atoms with Crippen LogP contribution in [0.5, 0.6) is 5.75 Å². The van der Waals surface area contributed by atoms with Gasteiger partial charge in [0.15, 0.2) is 0 Å². The Hall–Kier alpha value is -1.01. The summed E-state index contributed by atoms with van der Waals surface area (Å²) in [6, 6.07) is 5.72. The van der Waals surface area contributed by atoms with E-state index in [0.717, 1.165) is 40.4 Å². The Balaban J connectivity index is 2.05. The number of methoxy groups -OCH3 is 1. The molecule has 0 N–H and O–H groups in total. The summed E-state index contributed by atoms with van der Waals surface area (Å²) in [5, 5.41) is -0.430. The van der Waals surface area contributed by atoms with Gasteiger partial charge in [-0.3, -0.25) is 14.5 Å². The molecule has 21 heavy (non-hydrogen) atoms. The van der Waals surface area contributed by atoms with Crippen LogP contribution >= 0.6 is 27.7 Å². The highest BCUT2D eigenvalue weighted by Crippen LogP contribution is 2.32. The van der Waals surface area contributed by atoms with Crippen molar-refractivity contribution >= 4 is 38.8 Å². The molecule has 1 aliphatic heterocycles. The fourth-order valence-corrected chi connectivity index (χ4v) is 3.84. The number of halogens is 1. The van der Waals surface area contributed by atoms with Crippen molar-refractivity contribution < 1.29 is 14.3 Å². The molecule has 0 radical (unpaired) electrons. The zero-order valence-corrected chi connectivity index (χ0v) is 14.5. The summed E-state index contributed by atoms with van der Waals surface area (Å²) in [5.41, 5.74) is 1.01. The van der Waals surface area contributed by atoms with E-state index in [2.05, 4.69) is 15.9 Å². The van der Waals surface area contributed by atoms with E-state index in [4.69, 9.17) is 4.74 Å². The van der Waals surface area contributed by atoms with Crippen LogP contribution in [-0.4, -0.2) is 35.0 Å². The van der Waals surface area contributed by atoms with Crippen LogP contribution in [0.2, 0.25) is 0 Å². The molecule has 1 aliphatic rings. The first-order valence-corrected chi connectivity index (χ1v) is 8.58. The first kappa shape index (κ1) is 16.4. The summed E-state index contributed by atoms with van der Waals surface area (Å²) in [6.45, 7) is 2.58. The quantitative estimate of drug-likeness (QED) is 0.761. The lowest BCUT2D eigenvalue weighted by Gasteiger charge is -2.13. The molecule has 1 heterocycles. The second-order valence-electron chi connectivity index (χ2n) is 4.89. The summed E-state index contributed by atoms with van der Waals surface area (Å²) in [7, 11) is 1.61. The minimum atomic E-state index is -0.311. The van der Waals surface area contributed by atoms with Gasteiger partial charge in [0.25, 0.3) is 5.24 Å². The van der Waals surface area contributed by atoms with Crippen LogP contribution in [0.3, 0.4) is 0 Å². The minimum absolute atomic E-state index is 0.0645. The van der Waals surface area contributed by atoms with E-state index in [1.165, 1.54) is 4.90 Å². The van der Waals surface area contributed by atoms with Gasteiger partial charge in [0.2, 0.25) is 5.91 Å². The highest BCUT2D eigenvalue weighted by molar-refractivity contribution is 9.10. The molecule has 2 amide bonds. The fraction of sp³-hybridized carbons (Fsp3) is 0.467. The van der Waals surface area contributed by atoms with E-state index in [1.807, 2.05) is 25.1 Å². The number of unbranched alkanes of at least 4 members (excludes halogenated alkanes) is 1. The molecule has 1 atom stereocenters. The summed E-state index contributed by atoms with van der Waals surface area (Å²) in [4.78, 5) is 25.6. The zero-order valence-electron chi connectivity index (χ0n) is 12.1. The van der Waals surface area contributed by atoms with Crippen LogP contribution in [-0.2, 0) is 11.2 Å². The number of rotatable bonds is 6. The predicted molar refractivity (Wildman–Crippen MR) is 87.8 cm³/mol. The molecule has 114 valence electrons. The fourth-order valence-electron chi connectivity index (χ4n) is 2.20. The van der Waals surface area contributed by atoms with Gasteiger partial charge in [0.05, 0.1) is 16.8 Å². The third kappa shape index (κ3) is 3.80. The third-order valence-corrected chi connectivity index (χ3v) is 5.07. The van der Waals surface area contributed by atoms with Gasteiger partial charge >= 0.3 is 0 Å². The first-order valence-electron chi connectivity index (χ1n) is 6.91. The van der Waals surface area contributed by atoms with Crippen molar-refractivity contribution in [1.29, 1.82) is 0 Å². The Bertz CT molecular complexity index is 550. The van der Waals surface area contributed by atoms with Gasteiger partial charge in [0, 0.05) is 6.54 Å². The smallest absolute Gasteiger partial charge is 0.289 e.